The van der Waals surface area contributed by atoms with Gasteiger partial charge in [0.15, 0.2) is 0 Å². The Morgan fingerprint density at radius 2 is 2.22 bits per heavy atom. The van der Waals surface area contributed by atoms with Crippen LogP contribution in [0.4, 0.5) is 5.69 Å². The summed E-state index contributed by atoms with van der Waals surface area (Å²) in [6, 6.07) is 8.50. The summed E-state index contributed by atoms with van der Waals surface area (Å²) in [7, 11) is 0. The molecule has 0 radical (unpaired) electrons. The zero-order valence-corrected chi connectivity index (χ0v) is 11.0. The van der Waals surface area contributed by atoms with E-state index in [1.54, 1.807) is 0 Å². The van der Waals surface area contributed by atoms with Crippen molar-refractivity contribution >= 4 is 5.69 Å². The van der Waals surface area contributed by atoms with Crippen molar-refractivity contribution in [1.82, 2.24) is 0 Å². The van der Waals surface area contributed by atoms with Gasteiger partial charge in [0.2, 0.25) is 0 Å². The first-order valence-electron chi connectivity index (χ1n) is 6.47. The van der Waals surface area contributed by atoms with Crippen LogP contribution in [0.25, 0.3) is 0 Å². The number of morpholine rings is 1. The monoisotopic (exact) mass is 250 g/mol. The third-order valence-corrected chi connectivity index (χ3v) is 3.45. The van der Waals surface area contributed by atoms with Crippen molar-refractivity contribution in [3.63, 3.8) is 0 Å². The highest BCUT2D eigenvalue weighted by Gasteiger charge is 2.27. The average Bonchev–Trinajstić information content (AvgIpc) is 2.39. The number of hydrogen-bond acceptors (Lipinski definition) is 4. The molecule has 1 aromatic carbocycles. The number of ether oxygens (including phenoxy) is 1. The molecule has 0 saturated carbocycles. The highest BCUT2D eigenvalue weighted by Crippen LogP contribution is 2.28. The van der Waals surface area contributed by atoms with Gasteiger partial charge in [0.25, 0.3) is 0 Å². The van der Waals surface area contributed by atoms with Crippen LogP contribution in [0.2, 0.25) is 0 Å². The molecule has 3 N–H and O–H groups in total. The predicted octanol–water partition coefficient (Wildman–Crippen LogP) is 1.29. The lowest BCUT2D eigenvalue weighted by Gasteiger charge is -2.40. The molecule has 0 spiro atoms. The first kappa shape index (κ1) is 13.3. The number of nitrogens with zero attached hydrogens (tertiary/aromatic N) is 1. The normalized spacial score (nSPS) is 26.1. The quantitative estimate of drug-likeness (QED) is 0.849. The summed E-state index contributed by atoms with van der Waals surface area (Å²) in [5, 5.41) is 9.24. The Bertz CT molecular complexity index is 395. The summed E-state index contributed by atoms with van der Waals surface area (Å²) < 4.78 is 5.57. The van der Waals surface area contributed by atoms with Gasteiger partial charge >= 0.3 is 0 Å². The van der Waals surface area contributed by atoms with Crippen molar-refractivity contribution < 1.29 is 9.84 Å². The first-order chi connectivity index (χ1) is 8.63. The van der Waals surface area contributed by atoms with Crippen LogP contribution in [0, 0.1) is 0 Å². The molecule has 0 amide bonds. The highest BCUT2D eigenvalue weighted by atomic mass is 16.5. The Morgan fingerprint density at radius 3 is 2.89 bits per heavy atom. The maximum Gasteiger partial charge on any atom is 0.0981 e. The van der Waals surface area contributed by atoms with Crippen LogP contribution in [0.15, 0.2) is 24.3 Å². The minimum absolute atomic E-state index is 0.00354. The van der Waals surface area contributed by atoms with E-state index in [1.807, 2.05) is 19.1 Å². The Labute approximate surface area is 108 Å². The Morgan fingerprint density at radius 1 is 1.50 bits per heavy atom. The van der Waals surface area contributed by atoms with Crippen molar-refractivity contribution in [2.75, 3.05) is 24.7 Å². The molecule has 1 aliphatic heterocycles. The van der Waals surface area contributed by atoms with E-state index in [0.717, 1.165) is 11.3 Å². The lowest BCUT2D eigenvalue weighted by Crippen LogP contribution is -2.50. The van der Waals surface area contributed by atoms with Crippen molar-refractivity contribution in [2.45, 2.75) is 32.0 Å². The second kappa shape index (κ2) is 5.69. The van der Waals surface area contributed by atoms with Gasteiger partial charge in [-0.2, -0.15) is 0 Å². The topological polar surface area (TPSA) is 58.7 Å². The second-order valence-electron chi connectivity index (χ2n) is 4.99. The summed E-state index contributed by atoms with van der Waals surface area (Å²) in [6.45, 7) is 5.53. The van der Waals surface area contributed by atoms with Gasteiger partial charge in [-0.05, 0) is 25.5 Å². The first-order valence-corrected chi connectivity index (χ1v) is 6.47. The lowest BCUT2D eigenvalue weighted by atomic mass is 10.0. The van der Waals surface area contributed by atoms with E-state index in [9.17, 15) is 5.11 Å². The molecule has 0 aromatic heterocycles. The molecule has 1 heterocycles. The van der Waals surface area contributed by atoms with Gasteiger partial charge < -0.3 is 20.5 Å². The molecule has 2 rings (SSSR count). The zero-order valence-electron chi connectivity index (χ0n) is 11.0. The van der Waals surface area contributed by atoms with E-state index in [-0.39, 0.29) is 18.8 Å². The van der Waals surface area contributed by atoms with E-state index in [1.165, 1.54) is 0 Å². The summed E-state index contributed by atoms with van der Waals surface area (Å²) in [5.74, 6) is 0. The van der Waals surface area contributed by atoms with Crippen molar-refractivity contribution in [2.24, 2.45) is 5.73 Å². The van der Waals surface area contributed by atoms with Gasteiger partial charge in [0.05, 0.1) is 19.3 Å². The average molecular weight is 250 g/mol. The van der Waals surface area contributed by atoms with Crippen LogP contribution < -0.4 is 10.6 Å². The Hall–Kier alpha value is -1.10. The summed E-state index contributed by atoms with van der Waals surface area (Å²) in [5.41, 5.74) is 8.32. The number of rotatable bonds is 3. The van der Waals surface area contributed by atoms with Crippen molar-refractivity contribution in [3.05, 3.63) is 29.8 Å². The summed E-state index contributed by atoms with van der Waals surface area (Å²) in [6.07, 6.45) is -0.109. The molecule has 3 atom stereocenters. The number of para-hydroxylation sites is 1. The van der Waals surface area contributed by atoms with Crippen molar-refractivity contribution in [1.29, 1.82) is 0 Å². The third kappa shape index (κ3) is 2.66. The third-order valence-electron chi connectivity index (χ3n) is 3.45. The van der Waals surface area contributed by atoms with Crippen LogP contribution in [0.1, 0.15) is 25.5 Å². The van der Waals surface area contributed by atoms with E-state index >= 15 is 0 Å². The smallest absolute Gasteiger partial charge is 0.0981 e. The summed E-state index contributed by atoms with van der Waals surface area (Å²) in [4.78, 5) is 2.28. The van der Waals surface area contributed by atoms with Gasteiger partial charge in [-0.1, -0.05) is 18.2 Å². The van der Waals surface area contributed by atoms with Gasteiger partial charge in [0.1, 0.15) is 0 Å². The van der Waals surface area contributed by atoms with E-state index in [0.29, 0.717) is 19.2 Å². The molecule has 1 fully saturated rings. The molecule has 4 nitrogen and oxygen atoms in total. The fourth-order valence-corrected chi connectivity index (χ4v) is 2.40. The lowest BCUT2D eigenvalue weighted by molar-refractivity contribution is -0.0103. The number of anilines is 1. The maximum absolute atomic E-state index is 9.24. The number of hydrogen-bond donors (Lipinski definition) is 2. The van der Waals surface area contributed by atoms with Crippen molar-refractivity contribution in [3.8, 4) is 0 Å². The molecule has 1 aromatic rings. The molecule has 18 heavy (non-hydrogen) atoms. The molecule has 0 aliphatic carbocycles. The minimum Gasteiger partial charge on any atom is -0.394 e. The maximum atomic E-state index is 9.24. The number of aliphatic hydroxyl groups excluding tert-OH is 1. The highest BCUT2D eigenvalue weighted by molar-refractivity contribution is 5.56. The number of benzene rings is 1. The van der Waals surface area contributed by atoms with Gasteiger partial charge in [-0.25, -0.2) is 0 Å². The minimum atomic E-state index is -0.109. The molecule has 1 saturated heterocycles. The predicted molar refractivity (Wildman–Crippen MR) is 72.7 cm³/mol. The van der Waals surface area contributed by atoms with Crippen LogP contribution >= 0.6 is 0 Å². The molecule has 4 heteroatoms. The van der Waals surface area contributed by atoms with Crippen LogP contribution in [0.5, 0.6) is 0 Å². The molecule has 1 aliphatic rings. The van der Waals surface area contributed by atoms with E-state index in [4.69, 9.17) is 10.5 Å². The van der Waals surface area contributed by atoms with Gasteiger partial charge in [-0.15, -0.1) is 0 Å². The number of aliphatic hydroxyl groups is 1. The Balaban J connectivity index is 2.28. The second-order valence-corrected chi connectivity index (χ2v) is 4.99. The largest absolute Gasteiger partial charge is 0.394 e. The standard InChI is InChI=1S/C14H22N2O2/c1-10-9-18-12(8-17)7-16(10)14-6-4-3-5-13(14)11(2)15/h3-6,10-12,17H,7-9,15H2,1-2H3. The number of nitrogens with two attached hydrogens (primary N) is 1. The van der Waals surface area contributed by atoms with Crippen LogP contribution in [-0.2, 0) is 4.74 Å². The molecular weight excluding hydrogens is 228 g/mol. The molecular formula is C14H22N2O2. The fraction of sp³-hybridized carbons (Fsp3) is 0.571. The SMILES string of the molecule is CC(N)c1ccccc1N1CC(CO)OCC1C. The van der Waals surface area contributed by atoms with Crippen LogP contribution in [0.3, 0.4) is 0 Å². The zero-order chi connectivity index (χ0) is 13.1. The van der Waals surface area contributed by atoms with Gasteiger partial charge in [0, 0.05) is 24.3 Å². The molecule has 3 unspecified atom stereocenters. The van der Waals surface area contributed by atoms with Crippen LogP contribution in [-0.4, -0.2) is 37.0 Å². The molecule has 100 valence electrons. The van der Waals surface area contributed by atoms with Gasteiger partial charge in [-0.3, -0.25) is 0 Å². The van der Waals surface area contributed by atoms with E-state index in [2.05, 4.69) is 24.0 Å². The Kier molecular flexibility index (Phi) is 4.22. The summed E-state index contributed by atoms with van der Waals surface area (Å²) >= 11 is 0. The molecule has 0 bridgehead atoms. The fourth-order valence-electron chi connectivity index (χ4n) is 2.40. The van der Waals surface area contributed by atoms with E-state index < -0.39 is 0 Å².